The first-order chi connectivity index (χ1) is 8.49. The van der Waals surface area contributed by atoms with Gasteiger partial charge >= 0.3 is 5.97 Å². The molecule has 94 valence electrons. The fraction of sp³-hybridized carbons (Fsp3) is 0. The van der Waals surface area contributed by atoms with Crippen LogP contribution in [0.5, 0.6) is 11.8 Å². The van der Waals surface area contributed by atoms with Gasteiger partial charge in [-0.3, -0.25) is 0 Å². The maximum atomic E-state index is 11.7. The molecule has 0 fully saturated rings. The molecule has 0 saturated heterocycles. The summed E-state index contributed by atoms with van der Waals surface area (Å²) < 4.78 is 0.552. The monoisotopic (exact) mass is 269 g/mol. The van der Waals surface area contributed by atoms with E-state index in [2.05, 4.69) is 4.98 Å². The van der Waals surface area contributed by atoms with Gasteiger partial charge in [0.15, 0.2) is 0 Å². The number of carbonyl (C=O) groups excluding carboxylic acids is 1. The Kier molecular flexibility index (Phi) is 2.99. The lowest BCUT2D eigenvalue weighted by Crippen LogP contribution is -2.20. The molecular formula is C10H8ClN3O4. The first kappa shape index (κ1) is 12.1. The number of nitrogens with two attached hydrogens (primary N) is 1. The van der Waals surface area contributed by atoms with Crippen LogP contribution in [0.1, 0.15) is 10.4 Å². The summed E-state index contributed by atoms with van der Waals surface area (Å²) in [6, 6.07) is 5.01. The molecule has 0 atom stereocenters. The predicted octanol–water partition coefficient (Wildman–Crippen LogP) is 0.799. The molecular weight excluding hydrogens is 262 g/mol. The van der Waals surface area contributed by atoms with Gasteiger partial charge in [0.1, 0.15) is 16.5 Å². The van der Waals surface area contributed by atoms with Crippen molar-refractivity contribution in [3.8, 4) is 11.8 Å². The SMILES string of the molecule is Nc1nc(Cl)ccc1C(=O)On1c(O)ccc1O. The molecule has 0 bridgehead atoms. The summed E-state index contributed by atoms with van der Waals surface area (Å²) in [5.41, 5.74) is 5.46. The van der Waals surface area contributed by atoms with E-state index < -0.39 is 17.7 Å². The van der Waals surface area contributed by atoms with Gasteiger partial charge in [-0.1, -0.05) is 11.6 Å². The van der Waals surface area contributed by atoms with Gasteiger partial charge in [0, 0.05) is 12.1 Å². The predicted molar refractivity (Wildman–Crippen MR) is 62.3 cm³/mol. The summed E-state index contributed by atoms with van der Waals surface area (Å²) in [4.78, 5) is 20.1. The number of halogens is 1. The van der Waals surface area contributed by atoms with E-state index >= 15 is 0 Å². The van der Waals surface area contributed by atoms with Crippen LogP contribution in [0.2, 0.25) is 5.15 Å². The maximum Gasteiger partial charge on any atom is 0.367 e. The first-order valence-electron chi connectivity index (χ1n) is 4.73. The number of aromatic nitrogens is 2. The number of nitrogen functional groups attached to an aromatic ring is 1. The van der Waals surface area contributed by atoms with Crippen LogP contribution in [0, 0.1) is 0 Å². The lowest BCUT2D eigenvalue weighted by Gasteiger charge is -2.07. The Balaban J connectivity index is 2.28. The molecule has 0 spiro atoms. The van der Waals surface area contributed by atoms with E-state index in [9.17, 15) is 15.0 Å². The van der Waals surface area contributed by atoms with Gasteiger partial charge in [-0.2, -0.15) is 0 Å². The summed E-state index contributed by atoms with van der Waals surface area (Å²) in [6.07, 6.45) is 0. The molecule has 0 aliphatic carbocycles. The Morgan fingerprint density at radius 2 is 1.89 bits per heavy atom. The Morgan fingerprint density at radius 1 is 1.28 bits per heavy atom. The van der Waals surface area contributed by atoms with Gasteiger partial charge in [-0.05, 0) is 12.1 Å². The van der Waals surface area contributed by atoms with Crippen LogP contribution in [0.4, 0.5) is 5.82 Å². The highest BCUT2D eigenvalue weighted by atomic mass is 35.5. The normalized spacial score (nSPS) is 10.3. The summed E-state index contributed by atoms with van der Waals surface area (Å²) in [6.45, 7) is 0. The minimum Gasteiger partial charge on any atom is -0.492 e. The van der Waals surface area contributed by atoms with E-state index in [1.807, 2.05) is 0 Å². The molecule has 0 aliphatic heterocycles. The quantitative estimate of drug-likeness (QED) is 0.696. The minimum atomic E-state index is -0.890. The number of hydrogen-bond acceptors (Lipinski definition) is 6. The maximum absolute atomic E-state index is 11.7. The number of nitrogens with zero attached hydrogens (tertiary/aromatic N) is 2. The van der Waals surface area contributed by atoms with E-state index in [0.717, 1.165) is 12.1 Å². The lowest BCUT2D eigenvalue weighted by atomic mass is 10.2. The summed E-state index contributed by atoms with van der Waals surface area (Å²) in [5.74, 6) is -1.86. The second kappa shape index (κ2) is 4.46. The van der Waals surface area contributed by atoms with Crippen LogP contribution in [-0.2, 0) is 0 Å². The summed E-state index contributed by atoms with van der Waals surface area (Å²) >= 11 is 5.59. The van der Waals surface area contributed by atoms with Crippen LogP contribution < -0.4 is 10.6 Å². The molecule has 0 amide bonds. The van der Waals surface area contributed by atoms with Crippen LogP contribution >= 0.6 is 11.6 Å². The van der Waals surface area contributed by atoms with Crippen LogP contribution in [0.3, 0.4) is 0 Å². The Labute approximate surface area is 106 Å². The van der Waals surface area contributed by atoms with Crippen molar-refractivity contribution in [1.29, 1.82) is 0 Å². The highest BCUT2D eigenvalue weighted by Crippen LogP contribution is 2.20. The average Bonchev–Trinajstić information content (AvgIpc) is 2.60. The highest BCUT2D eigenvalue weighted by Gasteiger charge is 2.17. The highest BCUT2D eigenvalue weighted by molar-refractivity contribution is 6.29. The fourth-order valence-corrected chi connectivity index (χ4v) is 1.40. The molecule has 2 heterocycles. The minimum absolute atomic E-state index is 0.0353. The summed E-state index contributed by atoms with van der Waals surface area (Å²) in [5, 5.41) is 18.7. The van der Waals surface area contributed by atoms with Crippen molar-refractivity contribution in [3.63, 3.8) is 0 Å². The molecule has 0 aliphatic rings. The Hall–Kier alpha value is -2.41. The summed E-state index contributed by atoms with van der Waals surface area (Å²) in [7, 11) is 0. The van der Waals surface area contributed by atoms with E-state index in [0.29, 0.717) is 4.73 Å². The third kappa shape index (κ3) is 2.16. The lowest BCUT2D eigenvalue weighted by molar-refractivity contribution is 0.0382. The van der Waals surface area contributed by atoms with E-state index in [1.54, 1.807) is 0 Å². The Bertz CT molecular complexity index is 592. The van der Waals surface area contributed by atoms with Gasteiger partial charge in [0.2, 0.25) is 11.8 Å². The molecule has 0 saturated carbocycles. The van der Waals surface area contributed by atoms with Crippen LogP contribution in [0.25, 0.3) is 0 Å². The third-order valence-corrected chi connectivity index (χ3v) is 2.29. The van der Waals surface area contributed by atoms with Crippen molar-refractivity contribution in [3.05, 3.63) is 35.0 Å². The number of rotatable bonds is 2. The molecule has 4 N–H and O–H groups in total. The molecule has 0 unspecified atom stereocenters. The molecule has 0 aromatic carbocycles. The third-order valence-electron chi connectivity index (χ3n) is 2.08. The largest absolute Gasteiger partial charge is 0.492 e. The van der Waals surface area contributed by atoms with E-state index in [1.165, 1.54) is 12.1 Å². The second-order valence-electron chi connectivity index (χ2n) is 3.29. The average molecular weight is 270 g/mol. The van der Waals surface area contributed by atoms with Gasteiger partial charge < -0.3 is 20.8 Å². The zero-order chi connectivity index (χ0) is 13.3. The van der Waals surface area contributed by atoms with Crippen molar-refractivity contribution in [2.75, 3.05) is 5.73 Å². The Morgan fingerprint density at radius 3 is 2.44 bits per heavy atom. The number of pyridine rings is 1. The van der Waals surface area contributed by atoms with Crippen molar-refractivity contribution in [2.24, 2.45) is 0 Å². The molecule has 7 nitrogen and oxygen atoms in total. The molecule has 2 aromatic heterocycles. The standard InChI is InChI=1S/C10H8ClN3O4/c11-6-2-1-5(9(12)13-6)10(17)18-14-7(15)3-4-8(14)16/h1-4,15-16H,(H2,12,13). The first-order valence-corrected chi connectivity index (χ1v) is 5.11. The molecule has 2 rings (SSSR count). The number of aromatic hydroxyl groups is 2. The second-order valence-corrected chi connectivity index (χ2v) is 3.68. The molecule has 8 heteroatoms. The number of hydrogen-bond donors (Lipinski definition) is 3. The van der Waals surface area contributed by atoms with Crippen molar-refractivity contribution >= 4 is 23.4 Å². The zero-order valence-electron chi connectivity index (χ0n) is 8.87. The van der Waals surface area contributed by atoms with Gasteiger partial charge in [-0.25, -0.2) is 9.78 Å². The van der Waals surface area contributed by atoms with Gasteiger partial charge in [0.05, 0.1) is 0 Å². The number of anilines is 1. The van der Waals surface area contributed by atoms with Crippen molar-refractivity contribution in [1.82, 2.24) is 9.71 Å². The fourth-order valence-electron chi connectivity index (χ4n) is 1.25. The molecule has 0 radical (unpaired) electrons. The van der Waals surface area contributed by atoms with Gasteiger partial charge in [0.25, 0.3) is 0 Å². The number of carbonyl (C=O) groups is 1. The van der Waals surface area contributed by atoms with Crippen LogP contribution in [0.15, 0.2) is 24.3 Å². The van der Waals surface area contributed by atoms with Crippen molar-refractivity contribution < 1.29 is 19.8 Å². The topological polar surface area (TPSA) is 111 Å². The van der Waals surface area contributed by atoms with Gasteiger partial charge in [-0.15, -0.1) is 4.73 Å². The van der Waals surface area contributed by atoms with Crippen molar-refractivity contribution in [2.45, 2.75) is 0 Å². The van der Waals surface area contributed by atoms with Crippen LogP contribution in [-0.4, -0.2) is 25.9 Å². The van der Waals surface area contributed by atoms with E-state index in [4.69, 9.17) is 22.2 Å². The molecule has 18 heavy (non-hydrogen) atoms. The smallest absolute Gasteiger partial charge is 0.367 e. The molecule has 2 aromatic rings. The zero-order valence-corrected chi connectivity index (χ0v) is 9.63. The van der Waals surface area contributed by atoms with E-state index in [-0.39, 0.29) is 16.5 Å².